The molecule has 5 rings (SSSR count). The molecule has 1 atom stereocenters. The SMILES string of the molecule is OC1(C2CN(c3ccc(C(F)(F)F)c(-c4[nH]nc5ncccc45)n3)CCN2)CCC1.[HH].[HH].[HH]. The Kier molecular flexibility index (Phi) is 4.44. The Balaban J connectivity index is 0.00000128. The van der Waals surface area contributed by atoms with E-state index in [1.165, 1.54) is 12.3 Å². The molecule has 164 valence electrons. The van der Waals surface area contributed by atoms with E-state index < -0.39 is 17.3 Å². The van der Waals surface area contributed by atoms with Crippen molar-refractivity contribution in [3.63, 3.8) is 0 Å². The first-order chi connectivity index (χ1) is 14.4. The highest BCUT2D eigenvalue weighted by Crippen LogP contribution is 2.39. The summed E-state index contributed by atoms with van der Waals surface area (Å²) in [6.45, 7) is 1.71. The van der Waals surface area contributed by atoms with Gasteiger partial charge in [0.25, 0.3) is 0 Å². The van der Waals surface area contributed by atoms with Crippen LogP contribution in [0.1, 0.15) is 29.1 Å². The molecule has 3 N–H and O–H groups in total. The average molecular weight is 424 g/mol. The van der Waals surface area contributed by atoms with Crippen molar-refractivity contribution < 1.29 is 22.6 Å². The van der Waals surface area contributed by atoms with Crippen molar-refractivity contribution in [3.05, 3.63) is 36.0 Å². The second-order valence-electron chi connectivity index (χ2n) is 7.95. The molecule has 4 heterocycles. The minimum atomic E-state index is -4.56. The van der Waals surface area contributed by atoms with Gasteiger partial charge >= 0.3 is 6.18 Å². The molecule has 1 aliphatic carbocycles. The number of piperazine rings is 1. The summed E-state index contributed by atoms with van der Waals surface area (Å²) in [6.07, 6.45) is -0.575. The monoisotopic (exact) mass is 424 g/mol. The summed E-state index contributed by atoms with van der Waals surface area (Å²) >= 11 is 0. The number of halogens is 3. The normalized spacial score (nSPS) is 21.6. The van der Waals surface area contributed by atoms with Crippen LogP contribution in [0.2, 0.25) is 0 Å². The summed E-state index contributed by atoms with van der Waals surface area (Å²) in [5.74, 6) is 0.444. The van der Waals surface area contributed by atoms with Crippen LogP contribution < -0.4 is 10.2 Å². The lowest BCUT2D eigenvalue weighted by atomic mass is 9.74. The largest absolute Gasteiger partial charge is 0.418 e. The molecule has 0 bridgehead atoms. The molecule has 0 radical (unpaired) electrons. The van der Waals surface area contributed by atoms with Crippen LogP contribution in [-0.4, -0.2) is 56.5 Å². The van der Waals surface area contributed by atoms with Gasteiger partial charge < -0.3 is 15.3 Å². The van der Waals surface area contributed by atoms with E-state index >= 15 is 0 Å². The highest BCUT2D eigenvalue weighted by molar-refractivity contribution is 5.90. The highest BCUT2D eigenvalue weighted by atomic mass is 19.4. The van der Waals surface area contributed by atoms with Gasteiger partial charge in [-0.05, 0) is 43.5 Å². The maximum atomic E-state index is 13.7. The number of nitrogens with zero attached hydrogens (tertiary/aromatic N) is 4. The number of hydrogen-bond donors (Lipinski definition) is 3. The lowest BCUT2D eigenvalue weighted by Crippen LogP contribution is -2.64. The predicted molar refractivity (Wildman–Crippen MR) is 111 cm³/mol. The first-order valence-electron chi connectivity index (χ1n) is 9.94. The molecule has 2 fully saturated rings. The maximum absolute atomic E-state index is 13.7. The number of aliphatic hydroxyl groups is 1. The van der Waals surface area contributed by atoms with Crippen LogP contribution in [-0.2, 0) is 6.18 Å². The fourth-order valence-electron chi connectivity index (χ4n) is 4.28. The number of H-pyrrole nitrogens is 1. The van der Waals surface area contributed by atoms with E-state index in [0.29, 0.717) is 36.5 Å². The first-order valence-corrected chi connectivity index (χ1v) is 9.94. The van der Waals surface area contributed by atoms with Gasteiger partial charge in [-0.3, -0.25) is 5.10 Å². The zero-order valence-corrected chi connectivity index (χ0v) is 16.1. The molecule has 0 aromatic carbocycles. The minimum Gasteiger partial charge on any atom is -0.388 e. The summed E-state index contributed by atoms with van der Waals surface area (Å²) in [5, 5.41) is 21.2. The first kappa shape index (κ1) is 19.3. The highest BCUT2D eigenvalue weighted by Gasteiger charge is 2.44. The molecule has 1 saturated carbocycles. The maximum Gasteiger partial charge on any atom is 0.418 e. The van der Waals surface area contributed by atoms with Crippen molar-refractivity contribution in [3.8, 4) is 11.4 Å². The number of aromatic amines is 1. The summed E-state index contributed by atoms with van der Waals surface area (Å²) in [5.41, 5.74) is -1.25. The van der Waals surface area contributed by atoms with E-state index in [0.717, 1.165) is 25.3 Å². The predicted octanol–water partition coefficient (Wildman–Crippen LogP) is 3.47. The Labute approximate surface area is 174 Å². The van der Waals surface area contributed by atoms with E-state index in [9.17, 15) is 18.3 Å². The number of hydrogen-bond acceptors (Lipinski definition) is 6. The quantitative estimate of drug-likeness (QED) is 0.597. The van der Waals surface area contributed by atoms with Crippen molar-refractivity contribution in [2.24, 2.45) is 0 Å². The Bertz CT molecular complexity index is 1090. The number of alkyl halides is 3. The standard InChI is InChI=1S/C20H21F3N6O.3H2/c21-20(22,23)13-4-5-15(29-10-9-24-14(11-29)19(30)6-2-7-19)26-17(13)16-12-3-1-8-25-18(12)28-27-16;;;/h1,3-5,8,14,24,30H,2,6-7,9-11H2,(H,25,27,28);3*1H. The Hall–Kier alpha value is -2.72. The second-order valence-corrected chi connectivity index (χ2v) is 7.95. The van der Waals surface area contributed by atoms with Crippen LogP contribution in [0.3, 0.4) is 0 Å². The van der Waals surface area contributed by atoms with Crippen molar-refractivity contribution >= 4 is 16.9 Å². The molecule has 3 aromatic rings. The number of aromatic nitrogens is 4. The molecule has 1 aliphatic heterocycles. The van der Waals surface area contributed by atoms with Gasteiger partial charge in [-0.1, -0.05) is 0 Å². The second kappa shape index (κ2) is 6.92. The molecular formula is C20H27F3N6O. The van der Waals surface area contributed by atoms with Crippen LogP contribution >= 0.6 is 0 Å². The topological polar surface area (TPSA) is 90.0 Å². The van der Waals surface area contributed by atoms with E-state index in [2.05, 4.69) is 25.5 Å². The van der Waals surface area contributed by atoms with E-state index in [1.54, 1.807) is 12.1 Å². The van der Waals surface area contributed by atoms with Crippen LogP contribution in [0.5, 0.6) is 0 Å². The number of fused-ring (bicyclic) bond motifs is 1. The number of pyridine rings is 2. The smallest absolute Gasteiger partial charge is 0.388 e. The van der Waals surface area contributed by atoms with Crippen LogP contribution in [0.15, 0.2) is 30.5 Å². The third-order valence-electron chi connectivity index (χ3n) is 6.12. The number of nitrogens with one attached hydrogen (secondary N) is 2. The van der Waals surface area contributed by atoms with Gasteiger partial charge in [0.1, 0.15) is 11.5 Å². The summed E-state index contributed by atoms with van der Waals surface area (Å²) in [7, 11) is 0. The molecule has 0 amide bonds. The minimum absolute atomic E-state index is 0. The van der Waals surface area contributed by atoms with Crippen molar-refractivity contribution in [2.45, 2.75) is 37.1 Å². The molecule has 7 nitrogen and oxygen atoms in total. The Morgan fingerprint density at radius 3 is 2.80 bits per heavy atom. The fraction of sp³-hybridized carbons (Fsp3) is 0.450. The zero-order chi connectivity index (χ0) is 20.9. The van der Waals surface area contributed by atoms with Gasteiger partial charge in [0.2, 0.25) is 0 Å². The summed E-state index contributed by atoms with van der Waals surface area (Å²) < 4.78 is 41.2. The molecule has 10 heteroatoms. The molecular weight excluding hydrogens is 397 g/mol. The number of anilines is 1. The summed E-state index contributed by atoms with van der Waals surface area (Å²) in [4.78, 5) is 10.4. The third-order valence-corrected chi connectivity index (χ3v) is 6.12. The molecule has 0 spiro atoms. The summed E-state index contributed by atoms with van der Waals surface area (Å²) in [6, 6.07) is 5.65. The molecule has 1 unspecified atom stereocenters. The zero-order valence-electron chi connectivity index (χ0n) is 16.1. The third kappa shape index (κ3) is 3.20. The van der Waals surface area contributed by atoms with Crippen LogP contribution in [0.4, 0.5) is 19.0 Å². The van der Waals surface area contributed by atoms with Gasteiger partial charge in [0.05, 0.1) is 22.9 Å². The molecule has 30 heavy (non-hydrogen) atoms. The van der Waals surface area contributed by atoms with Crippen molar-refractivity contribution in [1.82, 2.24) is 25.5 Å². The van der Waals surface area contributed by atoms with Crippen LogP contribution in [0, 0.1) is 0 Å². The fourth-order valence-corrected chi connectivity index (χ4v) is 4.28. The molecule has 3 aromatic heterocycles. The van der Waals surface area contributed by atoms with Gasteiger partial charge in [0, 0.05) is 35.5 Å². The van der Waals surface area contributed by atoms with E-state index in [1.807, 2.05) is 4.90 Å². The lowest BCUT2D eigenvalue weighted by Gasteiger charge is -2.48. The Morgan fingerprint density at radius 1 is 1.23 bits per heavy atom. The Morgan fingerprint density at radius 2 is 2.07 bits per heavy atom. The lowest BCUT2D eigenvalue weighted by molar-refractivity contribution is -0.137. The van der Waals surface area contributed by atoms with Gasteiger partial charge in [-0.2, -0.15) is 18.3 Å². The van der Waals surface area contributed by atoms with Crippen LogP contribution in [0.25, 0.3) is 22.4 Å². The average Bonchev–Trinajstić information content (AvgIpc) is 3.15. The van der Waals surface area contributed by atoms with Crippen molar-refractivity contribution in [2.75, 3.05) is 24.5 Å². The number of rotatable bonds is 3. The van der Waals surface area contributed by atoms with Gasteiger partial charge in [-0.25, -0.2) is 9.97 Å². The molecule has 1 saturated heterocycles. The molecule has 2 aliphatic rings. The van der Waals surface area contributed by atoms with Gasteiger partial charge in [-0.15, -0.1) is 0 Å². The van der Waals surface area contributed by atoms with E-state index in [4.69, 9.17) is 0 Å². The van der Waals surface area contributed by atoms with Crippen molar-refractivity contribution in [1.29, 1.82) is 0 Å². The van der Waals surface area contributed by atoms with E-state index in [-0.39, 0.29) is 21.7 Å². The van der Waals surface area contributed by atoms with Gasteiger partial charge in [0.15, 0.2) is 5.65 Å².